The van der Waals surface area contributed by atoms with Gasteiger partial charge in [-0.1, -0.05) is 30.3 Å². The van der Waals surface area contributed by atoms with Gasteiger partial charge in [0.05, 0.1) is 28.3 Å². The largest absolute Gasteiger partial charge is 0.468 e. The normalized spacial score (nSPS) is 14.1. The number of nitrogens with one attached hydrogen (secondary N) is 2. The Labute approximate surface area is 175 Å². The molecule has 30 heavy (non-hydrogen) atoms. The van der Waals surface area contributed by atoms with E-state index in [1.54, 1.807) is 18.2 Å². The zero-order valence-corrected chi connectivity index (χ0v) is 17.5. The van der Waals surface area contributed by atoms with Crippen LogP contribution in [0.1, 0.15) is 23.3 Å². The van der Waals surface area contributed by atoms with Crippen LogP contribution in [0.3, 0.4) is 0 Å². The number of fused-ring (bicyclic) bond motifs is 1. The van der Waals surface area contributed by atoms with Crippen molar-refractivity contribution in [1.29, 1.82) is 0 Å². The number of hydrogen-bond acceptors (Lipinski definition) is 5. The molecule has 1 aliphatic rings. The molecular formula is C21H20N2O5S2. The summed E-state index contributed by atoms with van der Waals surface area (Å²) in [4.78, 5) is 0.225. The van der Waals surface area contributed by atoms with Gasteiger partial charge in [0.1, 0.15) is 5.76 Å². The van der Waals surface area contributed by atoms with E-state index in [0.717, 1.165) is 11.1 Å². The third kappa shape index (κ3) is 4.48. The van der Waals surface area contributed by atoms with Crippen LogP contribution in [0.25, 0.3) is 6.08 Å². The van der Waals surface area contributed by atoms with E-state index >= 15 is 0 Å². The lowest BCUT2D eigenvalue weighted by Crippen LogP contribution is -2.23. The molecule has 0 saturated carbocycles. The molecule has 4 rings (SSSR count). The highest BCUT2D eigenvalue weighted by Gasteiger charge is 2.22. The number of hydrogen-bond donors (Lipinski definition) is 2. The standard InChI is InChI=1S/C21H20N2O5S2/c24-29(25,22-15-19-8-4-12-28-19)20-9-3-7-18(14-20)23-30(26,27)21-11-10-16-5-1-2-6-17(16)13-21/h1-9,12-14,22-23H,10-11,15H2. The quantitative estimate of drug-likeness (QED) is 0.580. The highest BCUT2D eigenvalue weighted by atomic mass is 32.2. The predicted octanol–water partition coefficient (Wildman–Crippen LogP) is 3.49. The maximum Gasteiger partial charge on any atom is 0.258 e. The molecule has 0 unspecified atom stereocenters. The molecule has 3 aromatic rings. The highest BCUT2D eigenvalue weighted by molar-refractivity contribution is 7.96. The molecule has 0 radical (unpaired) electrons. The minimum Gasteiger partial charge on any atom is -0.468 e. The first-order valence-electron chi connectivity index (χ1n) is 9.27. The van der Waals surface area contributed by atoms with E-state index in [-0.39, 0.29) is 22.0 Å². The monoisotopic (exact) mass is 444 g/mol. The van der Waals surface area contributed by atoms with Gasteiger partial charge in [-0.05, 0) is 60.4 Å². The van der Waals surface area contributed by atoms with Crippen molar-refractivity contribution in [3.63, 3.8) is 0 Å². The van der Waals surface area contributed by atoms with Gasteiger partial charge in [-0.25, -0.2) is 21.6 Å². The van der Waals surface area contributed by atoms with Gasteiger partial charge in [-0.2, -0.15) is 0 Å². The molecule has 0 amide bonds. The van der Waals surface area contributed by atoms with Gasteiger partial charge < -0.3 is 4.42 Å². The molecule has 7 nitrogen and oxygen atoms in total. The Bertz CT molecular complexity index is 1290. The van der Waals surface area contributed by atoms with Crippen LogP contribution in [0.2, 0.25) is 0 Å². The lowest BCUT2D eigenvalue weighted by molar-refractivity contribution is 0.498. The zero-order chi connectivity index (χ0) is 21.2. The van der Waals surface area contributed by atoms with Gasteiger partial charge in [0.2, 0.25) is 10.0 Å². The fourth-order valence-corrected chi connectivity index (χ4v) is 5.49. The number of anilines is 1. The Morgan fingerprint density at radius 3 is 2.50 bits per heavy atom. The summed E-state index contributed by atoms with van der Waals surface area (Å²) in [5, 5.41) is 0. The second kappa shape index (κ2) is 8.10. The highest BCUT2D eigenvalue weighted by Crippen LogP contribution is 2.28. The summed E-state index contributed by atoms with van der Waals surface area (Å²) in [6, 6.07) is 16.7. The second-order valence-corrected chi connectivity index (χ2v) is 10.3. The molecule has 9 heteroatoms. The maximum atomic E-state index is 12.9. The Kier molecular flexibility index (Phi) is 5.50. The topological polar surface area (TPSA) is 105 Å². The van der Waals surface area contributed by atoms with Crippen LogP contribution < -0.4 is 9.44 Å². The molecule has 2 N–H and O–H groups in total. The van der Waals surface area contributed by atoms with E-state index in [1.807, 2.05) is 24.3 Å². The van der Waals surface area contributed by atoms with Crippen LogP contribution in [0.4, 0.5) is 5.69 Å². The van der Waals surface area contributed by atoms with E-state index in [4.69, 9.17) is 4.42 Å². The van der Waals surface area contributed by atoms with Crippen LogP contribution >= 0.6 is 0 Å². The fraction of sp³-hybridized carbons (Fsp3) is 0.143. The molecule has 1 aliphatic carbocycles. The van der Waals surface area contributed by atoms with E-state index in [9.17, 15) is 16.8 Å². The molecule has 0 saturated heterocycles. The van der Waals surface area contributed by atoms with Crippen LogP contribution in [-0.4, -0.2) is 16.8 Å². The number of furan rings is 1. The minimum atomic E-state index is -3.84. The fourth-order valence-electron chi connectivity index (χ4n) is 3.23. The summed E-state index contributed by atoms with van der Waals surface area (Å²) in [7, 11) is -7.65. The Balaban J connectivity index is 1.53. The van der Waals surface area contributed by atoms with Crippen LogP contribution in [0.5, 0.6) is 0 Å². The molecule has 1 aromatic heterocycles. The summed E-state index contributed by atoms with van der Waals surface area (Å²) in [6.45, 7) is -0.00240. The Morgan fingerprint density at radius 1 is 0.867 bits per heavy atom. The van der Waals surface area contributed by atoms with Crippen molar-refractivity contribution in [2.45, 2.75) is 24.3 Å². The van der Waals surface area contributed by atoms with Gasteiger partial charge in [0.25, 0.3) is 10.0 Å². The van der Waals surface area contributed by atoms with E-state index in [0.29, 0.717) is 18.6 Å². The van der Waals surface area contributed by atoms with Gasteiger partial charge in [-0.3, -0.25) is 4.72 Å². The number of allylic oxidation sites excluding steroid dienone is 1. The van der Waals surface area contributed by atoms with Gasteiger partial charge in [0.15, 0.2) is 0 Å². The molecule has 156 valence electrons. The SMILES string of the molecule is O=S(=O)(Nc1cccc(S(=O)(=O)NCc2ccco2)c1)C1=Cc2ccccc2CC1. The smallest absolute Gasteiger partial charge is 0.258 e. The minimum absolute atomic E-state index is 0.00240. The van der Waals surface area contributed by atoms with Gasteiger partial charge in [-0.15, -0.1) is 0 Å². The van der Waals surface area contributed by atoms with Crippen molar-refractivity contribution in [1.82, 2.24) is 4.72 Å². The summed E-state index contributed by atoms with van der Waals surface area (Å²) in [5.74, 6) is 0.472. The number of benzene rings is 2. The Hall–Kier alpha value is -2.88. The summed E-state index contributed by atoms with van der Waals surface area (Å²) >= 11 is 0. The van der Waals surface area contributed by atoms with E-state index in [1.165, 1.54) is 30.5 Å². The average Bonchev–Trinajstić information content (AvgIpc) is 3.26. The molecule has 1 heterocycles. The van der Waals surface area contributed by atoms with E-state index < -0.39 is 20.0 Å². The van der Waals surface area contributed by atoms with Gasteiger partial charge >= 0.3 is 0 Å². The van der Waals surface area contributed by atoms with Crippen molar-refractivity contribution in [3.05, 3.63) is 88.7 Å². The second-order valence-electron chi connectivity index (χ2n) is 6.85. The van der Waals surface area contributed by atoms with Crippen LogP contribution in [-0.2, 0) is 33.0 Å². The maximum absolute atomic E-state index is 12.9. The molecule has 0 bridgehead atoms. The van der Waals surface area contributed by atoms with Gasteiger partial charge in [0, 0.05) is 0 Å². The zero-order valence-electron chi connectivity index (χ0n) is 15.9. The first kappa shape index (κ1) is 20.4. The lowest BCUT2D eigenvalue weighted by atomic mass is 9.98. The molecule has 2 aromatic carbocycles. The van der Waals surface area contributed by atoms with Crippen LogP contribution in [0, 0.1) is 0 Å². The molecule has 0 fully saturated rings. The molecular weight excluding hydrogens is 424 g/mol. The third-order valence-electron chi connectivity index (χ3n) is 4.77. The average molecular weight is 445 g/mol. The predicted molar refractivity (Wildman–Crippen MR) is 114 cm³/mol. The number of rotatable bonds is 7. The number of sulfonamides is 2. The lowest BCUT2D eigenvalue weighted by Gasteiger charge is -2.17. The summed E-state index contributed by atoms with van der Waals surface area (Å²) in [5.41, 5.74) is 2.16. The van der Waals surface area contributed by atoms with Crippen LogP contribution in [0.15, 0.2) is 81.1 Å². The Morgan fingerprint density at radius 2 is 1.70 bits per heavy atom. The molecule has 0 atom stereocenters. The third-order valence-corrected chi connectivity index (χ3v) is 7.69. The van der Waals surface area contributed by atoms with Crippen molar-refractivity contribution >= 4 is 31.8 Å². The first-order valence-corrected chi connectivity index (χ1v) is 12.2. The molecule has 0 spiro atoms. The van der Waals surface area contributed by atoms with Crippen molar-refractivity contribution < 1.29 is 21.3 Å². The van der Waals surface area contributed by atoms with Crippen molar-refractivity contribution in [3.8, 4) is 0 Å². The summed E-state index contributed by atoms with van der Waals surface area (Å²) in [6.07, 6.45) is 4.13. The molecule has 0 aliphatic heterocycles. The van der Waals surface area contributed by atoms with E-state index in [2.05, 4.69) is 9.44 Å². The number of aryl methyl sites for hydroxylation is 1. The van der Waals surface area contributed by atoms with Crippen molar-refractivity contribution in [2.75, 3.05) is 4.72 Å². The summed E-state index contributed by atoms with van der Waals surface area (Å²) < 4.78 is 60.8. The first-order chi connectivity index (χ1) is 14.3. The van der Waals surface area contributed by atoms with Crippen molar-refractivity contribution in [2.24, 2.45) is 0 Å².